The van der Waals surface area contributed by atoms with Crippen molar-refractivity contribution in [3.05, 3.63) is 83.2 Å². The van der Waals surface area contributed by atoms with Crippen LogP contribution in [0.3, 0.4) is 0 Å². The number of fused-ring (bicyclic) bond motifs is 3. The fourth-order valence-electron chi connectivity index (χ4n) is 6.14. The highest BCUT2D eigenvalue weighted by Gasteiger charge is 2.23. The molecule has 0 saturated heterocycles. The van der Waals surface area contributed by atoms with Gasteiger partial charge in [-0.15, -0.1) is 20.5 Å². The highest BCUT2D eigenvalue weighted by molar-refractivity contribution is 7.86. The minimum Gasteiger partial charge on any atom is -0.493 e. The Morgan fingerprint density at radius 3 is 2.07 bits per heavy atom. The van der Waals surface area contributed by atoms with Crippen LogP contribution in [0, 0.1) is 25.2 Å². The maximum atomic E-state index is 12.2. The second kappa shape index (κ2) is 15.5. The molecule has 22 heteroatoms. The maximum absolute atomic E-state index is 12.2. The summed E-state index contributed by atoms with van der Waals surface area (Å²) >= 11 is 0. The van der Waals surface area contributed by atoms with Crippen LogP contribution in [0.5, 0.6) is 11.6 Å². The predicted molar refractivity (Wildman–Crippen MR) is 213 cm³/mol. The van der Waals surface area contributed by atoms with E-state index in [1.165, 1.54) is 34.7 Å². The Balaban J connectivity index is 1.49. The largest absolute Gasteiger partial charge is 0.493 e. The van der Waals surface area contributed by atoms with Gasteiger partial charge in [0.05, 0.1) is 50.6 Å². The Morgan fingerprint density at radius 2 is 1.45 bits per heavy atom. The number of hydrogen-bond acceptors (Lipinski definition) is 15. The number of benzene rings is 4. The lowest BCUT2D eigenvalue weighted by Crippen LogP contribution is -2.09. The van der Waals surface area contributed by atoms with Crippen molar-refractivity contribution < 1.29 is 48.8 Å². The molecule has 0 amide bonds. The zero-order chi connectivity index (χ0) is 42.3. The molecule has 0 aliphatic heterocycles. The minimum atomic E-state index is -4.82. The topological polar surface area (TPSA) is 309 Å². The lowest BCUT2D eigenvalue weighted by Gasteiger charge is -2.14. The summed E-state index contributed by atoms with van der Waals surface area (Å²) in [6, 6.07) is 13.5. The van der Waals surface area contributed by atoms with E-state index >= 15 is 0 Å². The van der Waals surface area contributed by atoms with Crippen molar-refractivity contribution in [2.24, 2.45) is 20.5 Å². The molecule has 0 saturated carbocycles. The molecule has 300 valence electrons. The standard InChI is InChI=1S/C36H32N8O11S3/c1-4-6-31-20(3)39-35-26(18-37)19(2)34(36(45)44(31)35)43-42-29-12-11-28(23-8-7-21(15-24(23)29)57(49,50)51)40-41-30-10-9-27(38)33-25(30)16-22(58(52,53)54)17-32(33)55-13-5-14-56(46,47)48/h4,6-12,15-17,45H,5,13-14,38H2,1-3H3,(H,46,47,48)(H,49,50,51)(H,52,53,54)/b6-4-,41-40?,43-42?. The van der Waals surface area contributed by atoms with E-state index in [1.54, 1.807) is 32.9 Å². The van der Waals surface area contributed by atoms with Crippen LogP contribution in [0.15, 0.2) is 90.9 Å². The number of nitrogens with two attached hydrogens (primary N) is 1. The molecule has 0 unspecified atom stereocenters. The molecule has 2 heterocycles. The molecule has 2 aromatic heterocycles. The van der Waals surface area contributed by atoms with E-state index in [2.05, 4.69) is 31.5 Å². The van der Waals surface area contributed by atoms with Crippen LogP contribution in [0.1, 0.15) is 35.9 Å². The van der Waals surface area contributed by atoms with E-state index in [0.29, 0.717) is 11.4 Å². The quantitative estimate of drug-likeness (QED) is 0.0346. The second-order valence-electron chi connectivity index (χ2n) is 12.7. The summed E-state index contributed by atoms with van der Waals surface area (Å²) in [6.45, 7) is 4.76. The van der Waals surface area contributed by atoms with Crippen molar-refractivity contribution in [3.8, 4) is 17.7 Å². The van der Waals surface area contributed by atoms with Gasteiger partial charge in [0, 0.05) is 38.9 Å². The number of nitriles is 1. The smallest absolute Gasteiger partial charge is 0.294 e. The molecule has 19 nitrogen and oxygen atoms in total. The van der Waals surface area contributed by atoms with Gasteiger partial charge in [-0.3, -0.25) is 18.1 Å². The van der Waals surface area contributed by atoms with Gasteiger partial charge in [-0.05, 0) is 75.7 Å². The van der Waals surface area contributed by atoms with Crippen molar-refractivity contribution in [3.63, 3.8) is 0 Å². The van der Waals surface area contributed by atoms with Crippen LogP contribution in [0.25, 0.3) is 33.3 Å². The number of anilines is 1. The van der Waals surface area contributed by atoms with Crippen LogP contribution >= 0.6 is 0 Å². The molecule has 58 heavy (non-hydrogen) atoms. The molecule has 0 atom stereocenters. The van der Waals surface area contributed by atoms with E-state index < -0.39 is 45.9 Å². The average molecular weight is 849 g/mol. The highest BCUT2D eigenvalue weighted by Crippen LogP contribution is 2.43. The van der Waals surface area contributed by atoms with Gasteiger partial charge in [-0.2, -0.15) is 30.5 Å². The highest BCUT2D eigenvalue weighted by atomic mass is 32.2. The SMILES string of the molecule is C/C=C\c1c(C)nc2c(C#N)c(C)c(N=Nc3ccc(N=Nc4ccc(N)c5c(OCCCS(=O)(=O)O)cc(S(=O)(=O)O)cc45)c4ccc(S(=O)(=O)O)cc34)c(O)n12. The third kappa shape index (κ3) is 8.21. The lowest BCUT2D eigenvalue weighted by atomic mass is 10.1. The summed E-state index contributed by atoms with van der Waals surface area (Å²) in [5.41, 5.74) is 8.13. The van der Waals surface area contributed by atoms with Crippen LogP contribution in [-0.2, 0) is 30.4 Å². The monoisotopic (exact) mass is 848 g/mol. The molecule has 0 aliphatic carbocycles. The molecule has 0 radical (unpaired) electrons. The van der Waals surface area contributed by atoms with Crippen LogP contribution < -0.4 is 10.5 Å². The summed E-state index contributed by atoms with van der Waals surface area (Å²) in [5, 5.41) is 39.2. The van der Waals surface area contributed by atoms with Crippen molar-refractivity contribution in [2.75, 3.05) is 18.1 Å². The second-order valence-corrected chi connectivity index (χ2v) is 17.1. The Bertz CT molecular complexity index is 3170. The molecule has 0 fully saturated rings. The number of hydrogen-bond donors (Lipinski definition) is 5. The summed E-state index contributed by atoms with van der Waals surface area (Å²) < 4.78 is 107. The Labute approximate surface area is 330 Å². The number of aryl methyl sites for hydroxylation is 1. The third-order valence-corrected chi connectivity index (χ3v) is 11.3. The van der Waals surface area contributed by atoms with E-state index in [1.807, 2.05) is 0 Å². The third-order valence-electron chi connectivity index (χ3n) is 8.84. The van der Waals surface area contributed by atoms with Gasteiger partial charge in [-0.25, -0.2) is 4.98 Å². The molecule has 6 aromatic rings. The maximum Gasteiger partial charge on any atom is 0.294 e. The molecule has 0 aliphatic rings. The Hall–Kier alpha value is -6.35. The molecule has 4 aromatic carbocycles. The Morgan fingerprint density at radius 1 is 0.845 bits per heavy atom. The van der Waals surface area contributed by atoms with Gasteiger partial charge < -0.3 is 15.6 Å². The number of aromatic nitrogens is 2. The van der Waals surface area contributed by atoms with E-state index in [9.17, 15) is 44.7 Å². The van der Waals surface area contributed by atoms with Crippen LogP contribution in [0.4, 0.5) is 28.4 Å². The first-order chi connectivity index (χ1) is 27.2. The first-order valence-corrected chi connectivity index (χ1v) is 21.3. The number of azo groups is 2. The van der Waals surface area contributed by atoms with Gasteiger partial charge >= 0.3 is 0 Å². The molecule has 0 spiro atoms. The zero-order valence-corrected chi connectivity index (χ0v) is 33.0. The zero-order valence-electron chi connectivity index (χ0n) is 30.6. The normalized spacial score (nSPS) is 12.8. The fourth-order valence-corrected chi connectivity index (χ4v) is 7.65. The number of allylic oxidation sites excluding steroid dienone is 1. The molecule has 6 rings (SSSR count). The van der Waals surface area contributed by atoms with Crippen molar-refractivity contribution in [1.29, 1.82) is 5.26 Å². The van der Waals surface area contributed by atoms with Gasteiger partial charge in [0.1, 0.15) is 17.4 Å². The molecular weight excluding hydrogens is 817 g/mol. The summed E-state index contributed by atoms with van der Waals surface area (Å²) in [4.78, 5) is 3.35. The number of pyridine rings is 1. The first-order valence-electron chi connectivity index (χ1n) is 16.8. The fraction of sp³-hybridized carbons (Fsp3) is 0.167. The van der Waals surface area contributed by atoms with E-state index in [0.717, 1.165) is 24.3 Å². The number of nitrogen functional groups attached to an aromatic ring is 1. The van der Waals surface area contributed by atoms with Crippen molar-refractivity contribution in [1.82, 2.24) is 9.38 Å². The van der Waals surface area contributed by atoms with Crippen molar-refractivity contribution in [2.45, 2.75) is 37.0 Å². The van der Waals surface area contributed by atoms with Gasteiger partial charge in [-0.1, -0.05) is 12.1 Å². The molecule has 0 bridgehead atoms. The molecular formula is C36H32N8O11S3. The van der Waals surface area contributed by atoms with Crippen LogP contribution in [-0.4, -0.2) is 65.8 Å². The van der Waals surface area contributed by atoms with Gasteiger partial charge in [0.2, 0.25) is 5.88 Å². The van der Waals surface area contributed by atoms with E-state index in [4.69, 9.17) is 15.0 Å². The number of nitrogens with zero attached hydrogens (tertiary/aromatic N) is 7. The van der Waals surface area contributed by atoms with E-state index in [-0.39, 0.29) is 91.4 Å². The lowest BCUT2D eigenvalue weighted by molar-refractivity contribution is 0.319. The number of imidazole rings is 1. The average Bonchev–Trinajstić information content (AvgIpc) is 3.47. The van der Waals surface area contributed by atoms with Gasteiger partial charge in [0.25, 0.3) is 30.4 Å². The number of rotatable bonds is 12. The van der Waals surface area contributed by atoms with Gasteiger partial charge in [0.15, 0.2) is 11.3 Å². The first kappa shape index (κ1) is 41.3. The summed E-state index contributed by atoms with van der Waals surface area (Å²) in [7, 11) is -13.9. The predicted octanol–water partition coefficient (Wildman–Crippen LogP) is 7.43. The molecule has 6 N–H and O–H groups in total. The summed E-state index contributed by atoms with van der Waals surface area (Å²) in [5.74, 6) is -1.14. The number of ether oxygens (including phenoxy) is 1. The number of aromatic hydroxyl groups is 1. The summed E-state index contributed by atoms with van der Waals surface area (Å²) in [6.07, 6.45) is 3.27. The van der Waals surface area contributed by atoms with Crippen LogP contribution in [0.2, 0.25) is 0 Å². The minimum absolute atomic E-state index is 0.0330. The Kier molecular flexibility index (Phi) is 11.1. The van der Waals surface area contributed by atoms with Crippen molar-refractivity contribution >= 4 is 92.1 Å².